The SMILES string of the molecule is CCCCCCCCC([CH]C(CCCCCC)CCCCCCC)CC. The lowest BCUT2D eigenvalue weighted by Gasteiger charge is -2.23. The summed E-state index contributed by atoms with van der Waals surface area (Å²) in [4.78, 5) is 0. The second-order valence-electron chi connectivity index (χ2n) is 8.73. The van der Waals surface area contributed by atoms with Crippen molar-refractivity contribution in [2.45, 2.75) is 150 Å². The predicted molar refractivity (Wildman–Crippen MR) is 122 cm³/mol. The molecule has 157 valence electrons. The summed E-state index contributed by atoms with van der Waals surface area (Å²) in [6.07, 6.45) is 30.0. The van der Waals surface area contributed by atoms with E-state index in [9.17, 15) is 0 Å². The van der Waals surface area contributed by atoms with Crippen LogP contribution in [0.2, 0.25) is 0 Å². The molecule has 0 rings (SSSR count). The molecule has 0 aliphatic carbocycles. The van der Waals surface area contributed by atoms with Crippen molar-refractivity contribution >= 4 is 0 Å². The van der Waals surface area contributed by atoms with Crippen molar-refractivity contribution in [3.63, 3.8) is 0 Å². The van der Waals surface area contributed by atoms with Crippen molar-refractivity contribution < 1.29 is 0 Å². The molecule has 0 aliphatic rings. The van der Waals surface area contributed by atoms with E-state index in [1.165, 1.54) is 122 Å². The van der Waals surface area contributed by atoms with Gasteiger partial charge in [0.1, 0.15) is 0 Å². The molecule has 0 heterocycles. The minimum Gasteiger partial charge on any atom is -0.0654 e. The number of hydrogen-bond acceptors (Lipinski definition) is 0. The quantitative estimate of drug-likeness (QED) is 0.177. The first-order chi connectivity index (χ1) is 12.8. The maximum Gasteiger partial charge on any atom is -0.0324 e. The van der Waals surface area contributed by atoms with Crippen molar-refractivity contribution in [2.75, 3.05) is 0 Å². The van der Waals surface area contributed by atoms with Crippen molar-refractivity contribution in [3.05, 3.63) is 6.42 Å². The van der Waals surface area contributed by atoms with Crippen LogP contribution in [-0.4, -0.2) is 0 Å². The monoisotopic (exact) mass is 365 g/mol. The van der Waals surface area contributed by atoms with Gasteiger partial charge in [-0.2, -0.15) is 0 Å². The van der Waals surface area contributed by atoms with Gasteiger partial charge in [-0.05, 0) is 18.3 Å². The minimum absolute atomic E-state index is 0.882. The highest BCUT2D eigenvalue weighted by Crippen LogP contribution is 2.28. The van der Waals surface area contributed by atoms with Gasteiger partial charge < -0.3 is 0 Å². The number of hydrogen-bond donors (Lipinski definition) is 0. The van der Waals surface area contributed by atoms with Gasteiger partial charge in [-0.1, -0.05) is 150 Å². The van der Waals surface area contributed by atoms with E-state index >= 15 is 0 Å². The molecule has 0 N–H and O–H groups in total. The highest BCUT2D eigenvalue weighted by atomic mass is 14.2. The van der Waals surface area contributed by atoms with Crippen LogP contribution in [0.1, 0.15) is 150 Å². The Labute approximate surface area is 168 Å². The topological polar surface area (TPSA) is 0 Å². The first-order valence-corrected chi connectivity index (χ1v) is 12.6. The Hall–Kier alpha value is 0. The van der Waals surface area contributed by atoms with Crippen molar-refractivity contribution in [1.82, 2.24) is 0 Å². The van der Waals surface area contributed by atoms with Crippen molar-refractivity contribution in [2.24, 2.45) is 11.8 Å². The van der Waals surface area contributed by atoms with Crippen molar-refractivity contribution in [3.8, 4) is 0 Å². The van der Waals surface area contributed by atoms with E-state index in [4.69, 9.17) is 0 Å². The van der Waals surface area contributed by atoms with E-state index in [1.54, 1.807) is 0 Å². The maximum atomic E-state index is 2.80. The van der Waals surface area contributed by atoms with E-state index < -0.39 is 0 Å². The third kappa shape index (κ3) is 17.4. The third-order valence-corrected chi connectivity index (χ3v) is 6.10. The molecule has 0 bridgehead atoms. The molecule has 1 radical (unpaired) electrons. The molecule has 26 heavy (non-hydrogen) atoms. The predicted octanol–water partition coefficient (Wildman–Crippen LogP) is 9.91. The molecule has 0 saturated heterocycles. The Kier molecular flexibility index (Phi) is 21.3. The lowest BCUT2D eigenvalue weighted by molar-refractivity contribution is 0.380. The molecule has 0 saturated carbocycles. The van der Waals surface area contributed by atoms with Crippen LogP contribution in [0.5, 0.6) is 0 Å². The van der Waals surface area contributed by atoms with Crippen LogP contribution in [0, 0.1) is 18.3 Å². The first-order valence-electron chi connectivity index (χ1n) is 12.6. The largest absolute Gasteiger partial charge is 0.0654 e. The van der Waals surface area contributed by atoms with E-state index in [0.717, 1.165) is 11.8 Å². The molecule has 0 aromatic rings. The smallest absolute Gasteiger partial charge is 0.0324 e. The van der Waals surface area contributed by atoms with Gasteiger partial charge in [-0.15, -0.1) is 0 Å². The molecular weight excluding hydrogens is 312 g/mol. The van der Waals surface area contributed by atoms with Crippen LogP contribution >= 0.6 is 0 Å². The molecule has 0 nitrogen and oxygen atoms in total. The van der Waals surface area contributed by atoms with Gasteiger partial charge in [0.15, 0.2) is 0 Å². The summed E-state index contributed by atoms with van der Waals surface area (Å²) < 4.78 is 0. The van der Waals surface area contributed by atoms with Gasteiger partial charge in [0.25, 0.3) is 0 Å². The van der Waals surface area contributed by atoms with E-state index in [-0.39, 0.29) is 0 Å². The van der Waals surface area contributed by atoms with Crippen LogP contribution < -0.4 is 0 Å². The Morgan fingerprint density at radius 3 is 1.19 bits per heavy atom. The molecule has 0 fully saturated rings. The average molecular weight is 366 g/mol. The number of rotatable bonds is 21. The fourth-order valence-corrected chi connectivity index (χ4v) is 4.19. The normalized spacial score (nSPS) is 13.8. The molecule has 0 heteroatoms. The zero-order valence-electron chi connectivity index (χ0n) is 19.2. The van der Waals surface area contributed by atoms with Crippen LogP contribution in [0.15, 0.2) is 0 Å². The summed E-state index contributed by atoms with van der Waals surface area (Å²) in [5.41, 5.74) is 0. The van der Waals surface area contributed by atoms with Crippen LogP contribution in [0.3, 0.4) is 0 Å². The second kappa shape index (κ2) is 21.3. The molecule has 0 spiro atoms. The van der Waals surface area contributed by atoms with Gasteiger partial charge in [0, 0.05) is 0 Å². The lowest BCUT2D eigenvalue weighted by Crippen LogP contribution is -2.10. The van der Waals surface area contributed by atoms with Crippen LogP contribution in [-0.2, 0) is 0 Å². The van der Waals surface area contributed by atoms with Gasteiger partial charge in [-0.25, -0.2) is 0 Å². The maximum absolute atomic E-state index is 2.80. The second-order valence-corrected chi connectivity index (χ2v) is 8.73. The standard InChI is InChI=1S/C26H53/c1-5-9-12-15-17-19-21-25(8-4)24-26(22-18-14-11-7-3)23-20-16-13-10-6-2/h24-26H,5-23H2,1-4H3. The molecule has 2 unspecified atom stereocenters. The molecule has 0 amide bonds. The molecule has 0 aromatic carbocycles. The highest BCUT2D eigenvalue weighted by Gasteiger charge is 2.15. The van der Waals surface area contributed by atoms with Gasteiger partial charge in [-0.3, -0.25) is 0 Å². The van der Waals surface area contributed by atoms with E-state index in [2.05, 4.69) is 34.1 Å². The van der Waals surface area contributed by atoms with Crippen molar-refractivity contribution in [1.29, 1.82) is 0 Å². The molecule has 2 atom stereocenters. The van der Waals surface area contributed by atoms with E-state index in [1.807, 2.05) is 0 Å². The summed E-state index contributed by atoms with van der Waals surface area (Å²) in [6, 6.07) is 0. The van der Waals surface area contributed by atoms with Crippen LogP contribution in [0.4, 0.5) is 0 Å². The fourth-order valence-electron chi connectivity index (χ4n) is 4.19. The van der Waals surface area contributed by atoms with E-state index in [0.29, 0.717) is 0 Å². The minimum atomic E-state index is 0.882. The summed E-state index contributed by atoms with van der Waals surface area (Å²) in [5, 5.41) is 0. The fraction of sp³-hybridized carbons (Fsp3) is 0.962. The zero-order valence-corrected chi connectivity index (χ0v) is 19.2. The summed E-state index contributed by atoms with van der Waals surface area (Å²) >= 11 is 0. The number of unbranched alkanes of at least 4 members (excludes halogenated alkanes) is 12. The molecular formula is C26H53. The summed E-state index contributed by atoms with van der Waals surface area (Å²) in [6.45, 7) is 9.36. The van der Waals surface area contributed by atoms with Gasteiger partial charge >= 0.3 is 0 Å². The Morgan fingerprint density at radius 1 is 0.423 bits per heavy atom. The zero-order chi connectivity index (χ0) is 19.3. The Morgan fingerprint density at radius 2 is 0.769 bits per heavy atom. The highest BCUT2D eigenvalue weighted by molar-refractivity contribution is 4.83. The molecule has 0 aromatic heterocycles. The summed E-state index contributed by atoms with van der Waals surface area (Å²) in [7, 11) is 0. The van der Waals surface area contributed by atoms with Crippen LogP contribution in [0.25, 0.3) is 0 Å². The lowest BCUT2D eigenvalue weighted by atomic mass is 9.83. The average Bonchev–Trinajstić information content (AvgIpc) is 2.66. The Balaban J connectivity index is 4.08. The van der Waals surface area contributed by atoms with Gasteiger partial charge in [0.2, 0.25) is 0 Å². The molecule has 0 aliphatic heterocycles. The van der Waals surface area contributed by atoms with Gasteiger partial charge in [0.05, 0.1) is 0 Å². The third-order valence-electron chi connectivity index (χ3n) is 6.10. The first kappa shape index (κ1) is 26.0. The summed E-state index contributed by atoms with van der Waals surface area (Å²) in [5.74, 6) is 1.78. The Bertz CT molecular complexity index is 244.